The number of carbonyl (C=O) groups is 1. The SMILES string of the molecule is CCCCc1nc(=O)c2cc(C(C)=O)ccc2[nH]1. The molecule has 18 heavy (non-hydrogen) atoms. The van der Waals surface area contributed by atoms with E-state index in [0.29, 0.717) is 16.8 Å². The van der Waals surface area contributed by atoms with E-state index in [1.165, 1.54) is 6.92 Å². The molecule has 0 spiro atoms. The fourth-order valence-corrected chi connectivity index (χ4v) is 1.88. The molecular weight excluding hydrogens is 228 g/mol. The number of hydrogen-bond acceptors (Lipinski definition) is 3. The van der Waals surface area contributed by atoms with Crippen LogP contribution in [0.3, 0.4) is 0 Å². The lowest BCUT2D eigenvalue weighted by atomic mass is 10.1. The Morgan fingerprint density at radius 1 is 1.39 bits per heavy atom. The van der Waals surface area contributed by atoms with Gasteiger partial charge in [0.05, 0.1) is 10.9 Å². The number of rotatable bonds is 4. The lowest BCUT2D eigenvalue weighted by molar-refractivity contribution is 0.101. The first kappa shape index (κ1) is 12.5. The Hall–Kier alpha value is -1.97. The summed E-state index contributed by atoms with van der Waals surface area (Å²) < 4.78 is 0. The van der Waals surface area contributed by atoms with Crippen molar-refractivity contribution in [1.82, 2.24) is 9.97 Å². The molecule has 0 radical (unpaired) electrons. The van der Waals surface area contributed by atoms with Crippen molar-refractivity contribution in [1.29, 1.82) is 0 Å². The van der Waals surface area contributed by atoms with Crippen molar-refractivity contribution in [3.63, 3.8) is 0 Å². The molecule has 4 nitrogen and oxygen atoms in total. The van der Waals surface area contributed by atoms with E-state index in [1.54, 1.807) is 18.2 Å². The number of hydrogen-bond donors (Lipinski definition) is 1. The number of nitrogens with zero attached hydrogens (tertiary/aromatic N) is 1. The molecule has 94 valence electrons. The zero-order valence-corrected chi connectivity index (χ0v) is 10.6. The predicted molar refractivity (Wildman–Crippen MR) is 71.0 cm³/mol. The van der Waals surface area contributed by atoms with Crippen LogP contribution in [-0.2, 0) is 6.42 Å². The Kier molecular flexibility index (Phi) is 3.55. The van der Waals surface area contributed by atoms with E-state index in [-0.39, 0.29) is 11.3 Å². The van der Waals surface area contributed by atoms with Gasteiger partial charge in [0.2, 0.25) is 0 Å². The average molecular weight is 244 g/mol. The molecule has 2 aromatic rings. The van der Waals surface area contributed by atoms with E-state index in [1.807, 2.05) is 0 Å². The standard InChI is InChI=1S/C14H16N2O2/c1-3-4-5-13-15-12-7-6-10(9(2)17)8-11(12)14(18)16-13/h6-8H,3-5H2,1-2H3,(H,15,16,18). The Labute approximate surface area is 105 Å². The second-order valence-corrected chi connectivity index (χ2v) is 4.41. The summed E-state index contributed by atoms with van der Waals surface area (Å²) in [6, 6.07) is 5.10. The molecule has 0 aliphatic carbocycles. The molecule has 0 bridgehead atoms. The van der Waals surface area contributed by atoms with Crippen molar-refractivity contribution in [3.8, 4) is 0 Å². The van der Waals surface area contributed by atoms with Crippen LogP contribution in [-0.4, -0.2) is 15.8 Å². The number of nitrogens with one attached hydrogen (secondary N) is 1. The zero-order chi connectivity index (χ0) is 13.1. The summed E-state index contributed by atoms with van der Waals surface area (Å²) in [6.07, 6.45) is 2.83. The third-order valence-electron chi connectivity index (χ3n) is 2.94. The molecule has 0 unspecified atom stereocenters. The van der Waals surface area contributed by atoms with Crippen LogP contribution in [0.4, 0.5) is 0 Å². The molecular formula is C14H16N2O2. The molecule has 0 atom stereocenters. The highest BCUT2D eigenvalue weighted by atomic mass is 16.1. The molecule has 1 aromatic carbocycles. The maximum Gasteiger partial charge on any atom is 0.280 e. The van der Waals surface area contributed by atoms with Gasteiger partial charge in [-0.3, -0.25) is 9.59 Å². The summed E-state index contributed by atoms with van der Waals surface area (Å²) in [6.45, 7) is 3.58. The van der Waals surface area contributed by atoms with Gasteiger partial charge in [-0.2, -0.15) is 4.98 Å². The van der Waals surface area contributed by atoms with Crippen molar-refractivity contribution in [2.75, 3.05) is 0 Å². The van der Waals surface area contributed by atoms with E-state index >= 15 is 0 Å². The van der Waals surface area contributed by atoms with Crippen molar-refractivity contribution < 1.29 is 4.79 Å². The minimum Gasteiger partial charge on any atom is -0.343 e. The van der Waals surface area contributed by atoms with Crippen LogP contribution in [0.5, 0.6) is 0 Å². The second kappa shape index (κ2) is 5.12. The Morgan fingerprint density at radius 3 is 2.83 bits per heavy atom. The van der Waals surface area contributed by atoms with Gasteiger partial charge in [-0.05, 0) is 31.5 Å². The molecule has 1 aromatic heterocycles. The fourth-order valence-electron chi connectivity index (χ4n) is 1.88. The number of fused-ring (bicyclic) bond motifs is 1. The summed E-state index contributed by atoms with van der Waals surface area (Å²) >= 11 is 0. The van der Waals surface area contributed by atoms with Crippen LogP contribution in [0.25, 0.3) is 10.9 Å². The molecule has 1 heterocycles. The van der Waals surface area contributed by atoms with Crippen LogP contribution < -0.4 is 5.56 Å². The first-order valence-electron chi connectivity index (χ1n) is 6.15. The van der Waals surface area contributed by atoms with E-state index in [2.05, 4.69) is 16.9 Å². The topological polar surface area (TPSA) is 62.8 Å². The molecule has 0 amide bonds. The second-order valence-electron chi connectivity index (χ2n) is 4.41. The Bertz CT molecular complexity index is 644. The van der Waals surface area contributed by atoms with Gasteiger partial charge in [0.15, 0.2) is 5.78 Å². The summed E-state index contributed by atoms with van der Waals surface area (Å²) in [4.78, 5) is 30.3. The third kappa shape index (κ3) is 2.47. The number of unbranched alkanes of at least 4 members (excludes halogenated alkanes) is 1. The van der Waals surface area contributed by atoms with E-state index in [4.69, 9.17) is 0 Å². The minimum absolute atomic E-state index is 0.0497. The fraction of sp³-hybridized carbons (Fsp3) is 0.357. The zero-order valence-electron chi connectivity index (χ0n) is 10.6. The number of ketones is 1. The normalized spacial score (nSPS) is 10.8. The van der Waals surface area contributed by atoms with Gasteiger partial charge in [-0.15, -0.1) is 0 Å². The number of H-pyrrole nitrogens is 1. The number of aromatic amines is 1. The van der Waals surface area contributed by atoms with Gasteiger partial charge in [0, 0.05) is 12.0 Å². The van der Waals surface area contributed by atoms with Crippen molar-refractivity contribution in [2.45, 2.75) is 33.1 Å². The van der Waals surface area contributed by atoms with E-state index < -0.39 is 0 Å². The van der Waals surface area contributed by atoms with E-state index in [9.17, 15) is 9.59 Å². The number of carbonyl (C=O) groups excluding carboxylic acids is 1. The summed E-state index contributed by atoms with van der Waals surface area (Å²) in [5.41, 5.74) is 1.01. The number of aromatic nitrogens is 2. The maximum atomic E-state index is 11.9. The molecule has 4 heteroatoms. The quantitative estimate of drug-likeness (QED) is 0.840. The van der Waals surface area contributed by atoms with Crippen LogP contribution in [0.2, 0.25) is 0 Å². The third-order valence-corrected chi connectivity index (χ3v) is 2.94. The van der Waals surface area contributed by atoms with Gasteiger partial charge in [0.1, 0.15) is 5.82 Å². The van der Waals surface area contributed by atoms with Crippen LogP contribution in [0.15, 0.2) is 23.0 Å². The molecule has 1 N–H and O–H groups in total. The van der Waals surface area contributed by atoms with Crippen LogP contribution in [0.1, 0.15) is 42.9 Å². The monoisotopic (exact) mass is 244 g/mol. The van der Waals surface area contributed by atoms with E-state index in [0.717, 1.165) is 24.8 Å². The van der Waals surface area contributed by atoms with Gasteiger partial charge in [0.25, 0.3) is 5.56 Å². The van der Waals surface area contributed by atoms with Crippen molar-refractivity contribution in [3.05, 3.63) is 39.9 Å². The predicted octanol–water partition coefficient (Wildman–Crippen LogP) is 2.47. The molecule has 0 aliphatic rings. The van der Waals surface area contributed by atoms with Crippen molar-refractivity contribution >= 4 is 16.7 Å². The van der Waals surface area contributed by atoms with Crippen molar-refractivity contribution in [2.24, 2.45) is 0 Å². The Balaban J connectivity index is 2.52. The lowest BCUT2D eigenvalue weighted by Crippen LogP contribution is -2.12. The first-order chi connectivity index (χ1) is 8.61. The average Bonchev–Trinajstić information content (AvgIpc) is 2.36. The minimum atomic E-state index is -0.266. The molecule has 0 saturated carbocycles. The molecule has 2 rings (SSSR count). The highest BCUT2D eigenvalue weighted by Gasteiger charge is 2.06. The number of benzene rings is 1. The summed E-state index contributed by atoms with van der Waals surface area (Å²) in [5.74, 6) is 0.663. The summed E-state index contributed by atoms with van der Waals surface area (Å²) in [7, 11) is 0. The molecule has 0 aliphatic heterocycles. The number of Topliss-reactive ketones (excluding diaryl/α,β-unsaturated/α-hetero) is 1. The van der Waals surface area contributed by atoms with Gasteiger partial charge in [-0.1, -0.05) is 13.3 Å². The smallest absolute Gasteiger partial charge is 0.280 e. The van der Waals surface area contributed by atoms with Gasteiger partial charge < -0.3 is 4.98 Å². The van der Waals surface area contributed by atoms with Crippen LogP contribution >= 0.6 is 0 Å². The first-order valence-corrected chi connectivity index (χ1v) is 6.15. The van der Waals surface area contributed by atoms with Gasteiger partial charge >= 0.3 is 0 Å². The lowest BCUT2D eigenvalue weighted by Gasteiger charge is -2.03. The summed E-state index contributed by atoms with van der Waals surface area (Å²) in [5, 5.41) is 0.475. The Morgan fingerprint density at radius 2 is 2.17 bits per heavy atom. The van der Waals surface area contributed by atoms with Gasteiger partial charge in [-0.25, -0.2) is 0 Å². The largest absolute Gasteiger partial charge is 0.343 e. The molecule has 0 fully saturated rings. The molecule has 0 saturated heterocycles. The number of aryl methyl sites for hydroxylation is 1. The highest BCUT2D eigenvalue weighted by Crippen LogP contribution is 2.11. The maximum absolute atomic E-state index is 11.9. The highest BCUT2D eigenvalue weighted by molar-refractivity contribution is 5.97. The van der Waals surface area contributed by atoms with Crippen LogP contribution in [0, 0.1) is 0 Å².